The monoisotopic (exact) mass is 489 g/mol. The summed E-state index contributed by atoms with van der Waals surface area (Å²) in [7, 11) is 0. The molecule has 1 saturated carbocycles. The van der Waals surface area contributed by atoms with Crippen molar-refractivity contribution in [3.63, 3.8) is 0 Å². The molecule has 9 nitrogen and oxygen atoms in total. The molecule has 1 fully saturated rings. The molecule has 1 aromatic carbocycles. The van der Waals surface area contributed by atoms with Gasteiger partial charge in [-0.3, -0.25) is 9.20 Å². The summed E-state index contributed by atoms with van der Waals surface area (Å²) in [6, 6.07) is 1.41. The number of aromatic nitrogens is 3. The molecule has 0 spiro atoms. The van der Waals surface area contributed by atoms with Gasteiger partial charge in [0.2, 0.25) is 0 Å². The van der Waals surface area contributed by atoms with E-state index in [0.29, 0.717) is 41.3 Å². The lowest BCUT2D eigenvalue weighted by atomic mass is 9.95. The molecule has 3 aromatic rings. The highest BCUT2D eigenvalue weighted by Crippen LogP contribution is 2.40. The van der Waals surface area contributed by atoms with E-state index in [2.05, 4.69) is 9.97 Å². The Morgan fingerprint density at radius 3 is 2.68 bits per heavy atom. The van der Waals surface area contributed by atoms with Gasteiger partial charge in [0.25, 0.3) is 5.91 Å². The number of rotatable bonds is 6. The van der Waals surface area contributed by atoms with Crippen LogP contribution in [0.4, 0.5) is 10.2 Å². The lowest BCUT2D eigenvalue weighted by Crippen LogP contribution is -2.30. The summed E-state index contributed by atoms with van der Waals surface area (Å²) < 4.78 is 22.9. The molecule has 11 heteroatoms. The second-order valence-corrected chi connectivity index (χ2v) is 8.97. The normalized spacial score (nSPS) is 14.3. The van der Waals surface area contributed by atoms with E-state index >= 15 is 4.39 Å². The molecule has 34 heavy (non-hydrogen) atoms. The topological polar surface area (TPSA) is 121 Å². The summed E-state index contributed by atoms with van der Waals surface area (Å²) in [6.07, 6.45) is 4.26. The van der Waals surface area contributed by atoms with Gasteiger partial charge in [0, 0.05) is 23.9 Å². The first-order chi connectivity index (χ1) is 16.1. The third-order valence-electron chi connectivity index (χ3n) is 5.57. The second kappa shape index (κ2) is 9.09. The average Bonchev–Trinajstić information content (AvgIpc) is 3.57. The molecule has 180 valence electrons. The van der Waals surface area contributed by atoms with Gasteiger partial charge in [-0.25, -0.2) is 19.2 Å². The minimum Gasteiger partial charge on any atom is -0.490 e. The molecule has 0 bridgehead atoms. The van der Waals surface area contributed by atoms with E-state index in [9.17, 15) is 9.59 Å². The van der Waals surface area contributed by atoms with E-state index in [1.54, 1.807) is 37.6 Å². The Hall–Kier alpha value is -3.40. The van der Waals surface area contributed by atoms with Gasteiger partial charge in [0.05, 0.1) is 22.7 Å². The summed E-state index contributed by atoms with van der Waals surface area (Å²) in [6.45, 7) is 7.13. The van der Waals surface area contributed by atoms with Gasteiger partial charge in [0.1, 0.15) is 28.5 Å². The van der Waals surface area contributed by atoms with Crippen molar-refractivity contribution in [2.75, 3.05) is 5.73 Å². The van der Waals surface area contributed by atoms with Gasteiger partial charge in [-0.1, -0.05) is 18.5 Å². The molecule has 1 atom stereocenters. The number of hydrogen-bond acceptors (Lipinski definition) is 7. The molecular weight excluding hydrogens is 465 g/mol. The van der Waals surface area contributed by atoms with Crippen molar-refractivity contribution in [3.8, 4) is 5.75 Å². The van der Waals surface area contributed by atoms with E-state index < -0.39 is 35.3 Å². The van der Waals surface area contributed by atoms with Crippen molar-refractivity contribution >= 4 is 34.8 Å². The molecule has 4 rings (SSSR count). The van der Waals surface area contributed by atoms with Gasteiger partial charge in [-0.15, -0.1) is 0 Å². The molecule has 2 aromatic heterocycles. The van der Waals surface area contributed by atoms with Gasteiger partial charge >= 0.3 is 5.97 Å². The predicted octanol–water partition coefficient (Wildman–Crippen LogP) is 3.95. The number of amides is 1. The van der Waals surface area contributed by atoms with Crippen LogP contribution >= 0.6 is 11.6 Å². The van der Waals surface area contributed by atoms with Crippen LogP contribution in [-0.2, 0) is 9.63 Å². The largest absolute Gasteiger partial charge is 0.490 e. The molecule has 1 amide bonds. The van der Waals surface area contributed by atoms with Gasteiger partial charge < -0.3 is 15.3 Å². The predicted molar refractivity (Wildman–Crippen MR) is 123 cm³/mol. The maximum atomic E-state index is 15.2. The number of nitrogen functional groups attached to an aromatic ring is 1. The zero-order valence-electron chi connectivity index (χ0n) is 19.2. The lowest BCUT2D eigenvalue weighted by molar-refractivity contribution is -0.150. The maximum absolute atomic E-state index is 15.2. The molecule has 0 aliphatic heterocycles. The first-order valence-electron chi connectivity index (χ1n) is 10.9. The van der Waals surface area contributed by atoms with Crippen LogP contribution in [0.3, 0.4) is 0 Å². The number of halogens is 2. The first kappa shape index (κ1) is 23.7. The zero-order chi connectivity index (χ0) is 24.7. The number of imidazole rings is 1. The fraction of sp³-hybridized carbons (Fsp3) is 0.391. The summed E-state index contributed by atoms with van der Waals surface area (Å²) in [5.74, 6) is -2.38. The Labute approximate surface area is 200 Å². The Kier molecular flexibility index (Phi) is 6.35. The highest BCUT2D eigenvalue weighted by Gasteiger charge is 2.34. The molecule has 2 heterocycles. The fourth-order valence-corrected chi connectivity index (χ4v) is 3.99. The van der Waals surface area contributed by atoms with Crippen LogP contribution in [0.5, 0.6) is 5.75 Å². The van der Waals surface area contributed by atoms with Crippen LogP contribution in [0, 0.1) is 18.7 Å². The number of nitrogens with zero attached hydrogens (tertiary/aromatic N) is 3. The van der Waals surface area contributed by atoms with Crippen LogP contribution in [0.25, 0.3) is 5.52 Å². The number of carbonyl (C=O) groups is 2. The third kappa shape index (κ3) is 4.37. The molecule has 1 unspecified atom stereocenters. The third-order valence-corrected chi connectivity index (χ3v) is 5.85. The highest BCUT2D eigenvalue weighted by molar-refractivity contribution is 6.31. The van der Waals surface area contributed by atoms with Crippen molar-refractivity contribution in [2.45, 2.75) is 52.6 Å². The number of aryl methyl sites for hydroxylation is 1. The number of carbonyl (C=O) groups excluding carboxylic acids is 2. The molecule has 1 aliphatic rings. The molecule has 3 N–H and O–H groups in total. The van der Waals surface area contributed by atoms with Gasteiger partial charge in [-0.05, 0) is 39.7 Å². The summed E-state index contributed by atoms with van der Waals surface area (Å²) in [5.41, 5.74) is 9.36. The first-order valence-corrected chi connectivity index (χ1v) is 11.3. The average molecular weight is 490 g/mol. The van der Waals surface area contributed by atoms with Crippen LogP contribution in [0.1, 0.15) is 67.0 Å². The maximum Gasteiger partial charge on any atom is 0.335 e. The van der Waals surface area contributed by atoms with Crippen molar-refractivity contribution in [3.05, 3.63) is 51.9 Å². The van der Waals surface area contributed by atoms with E-state index in [4.69, 9.17) is 26.9 Å². The second-order valence-electron chi connectivity index (χ2n) is 8.57. The number of hydrogen-bond donors (Lipinski definition) is 2. The Bertz CT molecular complexity index is 1290. The van der Waals surface area contributed by atoms with Crippen LogP contribution in [-0.4, -0.2) is 32.3 Å². The summed E-state index contributed by atoms with van der Waals surface area (Å²) >= 11 is 6.20. The van der Waals surface area contributed by atoms with Crippen molar-refractivity contribution < 1.29 is 23.6 Å². The van der Waals surface area contributed by atoms with E-state index in [-0.39, 0.29) is 16.7 Å². The van der Waals surface area contributed by atoms with E-state index in [0.717, 1.165) is 0 Å². The van der Waals surface area contributed by atoms with Gasteiger partial charge in [0.15, 0.2) is 5.82 Å². The number of nitrogens with one attached hydrogen (secondary N) is 1. The standard InChI is InChI=1S/C23H25ClFN5O4/c1-10(2)33-19-14(11(3)21-28-12(4)18-20(26)27-7-8-30(18)21)9-15(24)17(25)16(19)22(31)29-34-23(32)13-5-6-13/h7-11,13H,5-6H2,1-4H3,(H2,26,27)(H,29,31). The molecule has 0 saturated heterocycles. The fourth-order valence-electron chi connectivity index (χ4n) is 3.78. The quantitative estimate of drug-likeness (QED) is 0.503. The van der Waals surface area contributed by atoms with Crippen LogP contribution < -0.4 is 16.0 Å². The Morgan fingerprint density at radius 2 is 2.03 bits per heavy atom. The number of ether oxygens (including phenoxy) is 1. The van der Waals surface area contributed by atoms with Crippen LogP contribution in [0.2, 0.25) is 5.02 Å². The van der Waals surface area contributed by atoms with E-state index in [1.165, 1.54) is 6.07 Å². The number of hydroxylamine groups is 1. The number of fused-ring (bicyclic) bond motifs is 1. The lowest BCUT2D eigenvalue weighted by Gasteiger charge is -2.22. The smallest absolute Gasteiger partial charge is 0.335 e. The molecule has 0 radical (unpaired) electrons. The number of anilines is 1. The van der Waals surface area contributed by atoms with E-state index in [1.807, 2.05) is 12.4 Å². The Morgan fingerprint density at radius 1 is 1.32 bits per heavy atom. The van der Waals surface area contributed by atoms with Crippen molar-refractivity contribution in [1.82, 2.24) is 19.8 Å². The Balaban J connectivity index is 1.81. The molecular formula is C23H25ClFN5O4. The SMILES string of the molecule is Cc1nc(C(C)c2cc(Cl)c(F)c(C(=O)NOC(=O)C3CC3)c2OC(C)C)n2ccnc(N)c12. The number of benzene rings is 1. The minimum absolute atomic E-state index is 0.0131. The number of nitrogens with two attached hydrogens (primary N) is 1. The van der Waals surface area contributed by atoms with Crippen LogP contribution in [0.15, 0.2) is 18.5 Å². The summed E-state index contributed by atoms with van der Waals surface area (Å²) in [4.78, 5) is 38.4. The zero-order valence-corrected chi connectivity index (χ0v) is 19.9. The van der Waals surface area contributed by atoms with Crippen molar-refractivity contribution in [1.29, 1.82) is 0 Å². The summed E-state index contributed by atoms with van der Waals surface area (Å²) in [5, 5.41) is -0.282. The minimum atomic E-state index is -0.981. The van der Waals surface area contributed by atoms with Gasteiger partial charge in [-0.2, -0.15) is 5.48 Å². The highest BCUT2D eigenvalue weighted by atomic mass is 35.5. The van der Waals surface area contributed by atoms with Crippen molar-refractivity contribution in [2.24, 2.45) is 5.92 Å². The molecule has 1 aliphatic carbocycles.